The first-order valence-corrected chi connectivity index (χ1v) is 10.9. The van der Waals surface area contributed by atoms with Gasteiger partial charge in [0.2, 0.25) is 0 Å². The molecule has 3 amide bonds. The number of nitrogens with one attached hydrogen (secondary N) is 2. The second kappa shape index (κ2) is 9.19. The third-order valence-corrected chi connectivity index (χ3v) is 6.46. The number of fused-ring (bicyclic) bond motifs is 1. The number of anilines is 3. The summed E-state index contributed by atoms with van der Waals surface area (Å²) in [6.07, 6.45) is 0.695. The van der Waals surface area contributed by atoms with Crippen LogP contribution in [0.3, 0.4) is 0 Å². The number of nitrogens with two attached hydrogens (primary N) is 1. The van der Waals surface area contributed by atoms with Crippen molar-refractivity contribution in [1.82, 2.24) is 4.90 Å². The average Bonchev–Trinajstić information content (AvgIpc) is 3.24. The number of para-hydroxylation sites is 2. The van der Waals surface area contributed by atoms with Crippen LogP contribution in [0.2, 0.25) is 0 Å². The lowest BCUT2D eigenvalue weighted by molar-refractivity contribution is 0.103. The van der Waals surface area contributed by atoms with E-state index in [0.29, 0.717) is 52.9 Å². The van der Waals surface area contributed by atoms with Crippen LogP contribution in [0.4, 0.5) is 21.9 Å². The van der Waals surface area contributed by atoms with Crippen molar-refractivity contribution < 1.29 is 19.1 Å². The second-order valence-electron chi connectivity index (χ2n) is 7.27. The molecule has 8 nitrogen and oxygen atoms in total. The number of hydrogen-bond acceptors (Lipinski definition) is 6. The largest absolute Gasteiger partial charge is 0.493 e. The number of hydrogen-bond donors (Lipinski definition) is 3. The van der Waals surface area contributed by atoms with E-state index in [1.165, 1.54) is 11.3 Å². The van der Waals surface area contributed by atoms with E-state index in [4.69, 9.17) is 15.2 Å². The number of amides is 3. The van der Waals surface area contributed by atoms with Crippen molar-refractivity contribution in [2.45, 2.75) is 13.0 Å². The summed E-state index contributed by atoms with van der Waals surface area (Å²) in [6.45, 7) is 1.01. The highest BCUT2D eigenvalue weighted by atomic mass is 32.1. The van der Waals surface area contributed by atoms with Gasteiger partial charge in [-0.1, -0.05) is 12.1 Å². The highest BCUT2D eigenvalue weighted by Gasteiger charge is 2.25. The number of nitrogen functional groups attached to an aromatic ring is 1. The summed E-state index contributed by atoms with van der Waals surface area (Å²) in [6, 6.07) is 14.0. The number of carbonyl (C=O) groups is 2. The van der Waals surface area contributed by atoms with Crippen LogP contribution in [-0.2, 0) is 13.0 Å². The third-order valence-electron chi connectivity index (χ3n) is 5.22. The number of carbonyl (C=O) groups excluding carboxylic acids is 2. The minimum Gasteiger partial charge on any atom is -0.493 e. The highest BCUT2D eigenvalue weighted by Crippen LogP contribution is 2.32. The van der Waals surface area contributed by atoms with Crippen LogP contribution in [0.5, 0.6) is 11.5 Å². The number of urea groups is 1. The van der Waals surface area contributed by atoms with Gasteiger partial charge in [-0.05, 0) is 42.3 Å². The summed E-state index contributed by atoms with van der Waals surface area (Å²) in [5.41, 5.74) is 8.61. The lowest BCUT2D eigenvalue weighted by Gasteiger charge is -2.27. The Kier molecular flexibility index (Phi) is 6.18. The van der Waals surface area contributed by atoms with E-state index < -0.39 is 0 Å². The van der Waals surface area contributed by atoms with Crippen LogP contribution >= 0.6 is 11.3 Å². The van der Waals surface area contributed by atoms with Crippen molar-refractivity contribution in [1.29, 1.82) is 0 Å². The zero-order chi connectivity index (χ0) is 22.7. The Morgan fingerprint density at radius 1 is 1.03 bits per heavy atom. The first kappa shape index (κ1) is 21.5. The van der Waals surface area contributed by atoms with Gasteiger partial charge in [0.15, 0.2) is 11.5 Å². The van der Waals surface area contributed by atoms with Gasteiger partial charge in [0.1, 0.15) is 0 Å². The molecule has 0 atom stereocenters. The minimum absolute atomic E-state index is 0.205. The molecule has 1 aliphatic rings. The molecule has 0 bridgehead atoms. The fourth-order valence-corrected chi connectivity index (χ4v) is 4.59. The number of thiophene rings is 1. The van der Waals surface area contributed by atoms with Crippen molar-refractivity contribution in [3.8, 4) is 11.5 Å². The highest BCUT2D eigenvalue weighted by molar-refractivity contribution is 7.14. The maximum absolute atomic E-state index is 12.8. The van der Waals surface area contributed by atoms with Crippen molar-refractivity contribution in [2.24, 2.45) is 0 Å². The van der Waals surface area contributed by atoms with Gasteiger partial charge < -0.3 is 30.7 Å². The summed E-state index contributed by atoms with van der Waals surface area (Å²) in [5, 5.41) is 5.75. The fourth-order valence-electron chi connectivity index (χ4n) is 3.53. The Labute approximate surface area is 189 Å². The second-order valence-corrected chi connectivity index (χ2v) is 8.41. The van der Waals surface area contributed by atoms with Crippen LogP contribution in [0.15, 0.2) is 48.5 Å². The van der Waals surface area contributed by atoms with E-state index in [2.05, 4.69) is 10.6 Å². The molecular weight excluding hydrogens is 428 g/mol. The van der Waals surface area contributed by atoms with Crippen molar-refractivity contribution in [2.75, 3.05) is 37.1 Å². The van der Waals surface area contributed by atoms with Crippen LogP contribution in [0.1, 0.15) is 20.1 Å². The van der Waals surface area contributed by atoms with E-state index in [1.54, 1.807) is 49.5 Å². The average molecular weight is 453 g/mol. The van der Waals surface area contributed by atoms with E-state index in [1.807, 2.05) is 18.2 Å². The number of benzene rings is 2. The van der Waals surface area contributed by atoms with Gasteiger partial charge in [-0.2, -0.15) is 0 Å². The Hall–Kier alpha value is -3.72. The van der Waals surface area contributed by atoms with Gasteiger partial charge in [-0.25, -0.2) is 4.79 Å². The van der Waals surface area contributed by atoms with Crippen molar-refractivity contribution in [3.05, 3.63) is 63.8 Å². The molecule has 0 spiro atoms. The lowest BCUT2D eigenvalue weighted by Crippen LogP contribution is -2.38. The molecule has 1 aromatic heterocycles. The quantitative estimate of drug-likeness (QED) is 0.504. The first-order chi connectivity index (χ1) is 15.5. The van der Waals surface area contributed by atoms with Crippen LogP contribution in [0.25, 0.3) is 0 Å². The summed E-state index contributed by atoms with van der Waals surface area (Å²) >= 11 is 1.45. The maximum atomic E-state index is 12.8. The molecule has 1 aliphatic heterocycles. The molecule has 166 valence electrons. The van der Waals surface area contributed by atoms with Crippen LogP contribution in [0, 0.1) is 0 Å². The first-order valence-electron chi connectivity index (χ1n) is 10.0. The van der Waals surface area contributed by atoms with E-state index in [0.717, 1.165) is 10.4 Å². The molecule has 0 fully saturated rings. The van der Waals surface area contributed by atoms with Gasteiger partial charge in [-0.15, -0.1) is 11.3 Å². The Bertz CT molecular complexity index is 1160. The third kappa shape index (κ3) is 4.47. The Morgan fingerprint density at radius 3 is 2.56 bits per heavy atom. The van der Waals surface area contributed by atoms with Gasteiger partial charge in [-0.3, -0.25) is 4.79 Å². The normalized spacial score (nSPS) is 12.6. The smallest absolute Gasteiger partial charge is 0.322 e. The van der Waals surface area contributed by atoms with Gasteiger partial charge >= 0.3 is 6.03 Å². The van der Waals surface area contributed by atoms with E-state index in [9.17, 15) is 9.59 Å². The molecule has 2 heterocycles. The molecule has 32 heavy (non-hydrogen) atoms. The van der Waals surface area contributed by atoms with Crippen molar-refractivity contribution in [3.63, 3.8) is 0 Å². The topological polar surface area (TPSA) is 106 Å². The van der Waals surface area contributed by atoms with Crippen molar-refractivity contribution >= 4 is 40.3 Å². The van der Waals surface area contributed by atoms with Crippen LogP contribution in [-0.4, -0.2) is 37.6 Å². The predicted octanol–water partition coefficient (Wildman–Crippen LogP) is 4.19. The van der Waals surface area contributed by atoms with Gasteiger partial charge in [0.25, 0.3) is 5.91 Å². The molecule has 3 aromatic rings. The monoisotopic (exact) mass is 452 g/mol. The Morgan fingerprint density at radius 2 is 1.81 bits per heavy atom. The molecule has 0 saturated carbocycles. The summed E-state index contributed by atoms with van der Waals surface area (Å²) in [5.74, 6) is 0.928. The van der Waals surface area contributed by atoms with E-state index in [-0.39, 0.29) is 11.9 Å². The summed E-state index contributed by atoms with van der Waals surface area (Å²) < 4.78 is 10.5. The molecule has 0 radical (unpaired) electrons. The number of rotatable bonds is 5. The van der Waals surface area contributed by atoms with Gasteiger partial charge in [0.05, 0.1) is 30.5 Å². The van der Waals surface area contributed by atoms with Crippen LogP contribution < -0.4 is 25.8 Å². The molecule has 0 saturated heterocycles. The molecule has 4 N–H and O–H groups in total. The lowest BCUT2D eigenvalue weighted by atomic mass is 10.1. The molecule has 0 aliphatic carbocycles. The van der Waals surface area contributed by atoms with Gasteiger partial charge in [0, 0.05) is 29.7 Å². The molecule has 0 unspecified atom stereocenters. The number of methoxy groups -OCH3 is 2. The molecular formula is C23H24N4O4S. The summed E-state index contributed by atoms with van der Waals surface area (Å²) in [4.78, 5) is 28.9. The standard InChI is InChI=1S/C23H24N4O4S/c1-30-18-8-7-15(12-19(18)31-2)25-23(29)27-10-9-20-14(13-27)11-21(32-20)22(28)26-17-6-4-3-5-16(17)24/h3-8,11-12H,9-10,13,24H2,1-2H3,(H,25,29)(H,26,28). The zero-order valence-corrected chi connectivity index (χ0v) is 18.6. The molecule has 4 rings (SSSR count). The fraction of sp³-hybridized carbons (Fsp3) is 0.217. The minimum atomic E-state index is -0.211. The van der Waals surface area contributed by atoms with E-state index >= 15 is 0 Å². The molecule has 9 heteroatoms. The number of nitrogens with zero attached hydrogens (tertiary/aromatic N) is 1. The summed E-state index contributed by atoms with van der Waals surface area (Å²) in [7, 11) is 3.11. The predicted molar refractivity (Wildman–Crippen MR) is 126 cm³/mol. The SMILES string of the molecule is COc1ccc(NC(=O)N2CCc3sc(C(=O)Nc4ccccc4N)cc3C2)cc1OC. The molecule has 2 aromatic carbocycles. The Balaban J connectivity index is 1.42. The number of ether oxygens (including phenoxy) is 2. The zero-order valence-electron chi connectivity index (χ0n) is 17.8. The maximum Gasteiger partial charge on any atom is 0.322 e.